The molecule has 1 aromatic rings. The number of nitrogens with one attached hydrogen (secondary N) is 2. The van der Waals surface area contributed by atoms with Crippen LogP contribution in [0, 0.1) is 5.92 Å². The van der Waals surface area contributed by atoms with Gasteiger partial charge in [0.2, 0.25) is 0 Å². The van der Waals surface area contributed by atoms with Gasteiger partial charge in [-0.1, -0.05) is 54.2 Å². The summed E-state index contributed by atoms with van der Waals surface area (Å²) in [5, 5.41) is 5.90. The lowest BCUT2D eigenvalue weighted by Crippen LogP contribution is -2.39. The third-order valence-corrected chi connectivity index (χ3v) is 6.10. The minimum Gasteiger partial charge on any atom is -0.358 e. The molecule has 1 aromatic carbocycles. The van der Waals surface area contributed by atoms with E-state index >= 15 is 0 Å². The van der Waals surface area contributed by atoms with Crippen LogP contribution in [0.3, 0.4) is 0 Å². The summed E-state index contributed by atoms with van der Waals surface area (Å²) in [6.07, 6.45) is 5.90. The van der Waals surface area contributed by atoms with Crippen molar-refractivity contribution in [2.75, 3.05) is 6.54 Å². The second-order valence-corrected chi connectivity index (χ2v) is 9.51. The number of rotatable bonds is 15. The summed E-state index contributed by atoms with van der Waals surface area (Å²) >= 11 is 0. The third kappa shape index (κ3) is 11.1. The van der Waals surface area contributed by atoms with Crippen molar-refractivity contribution in [1.29, 1.82) is 0 Å². The van der Waals surface area contributed by atoms with Gasteiger partial charge in [-0.3, -0.25) is 14.4 Å². The summed E-state index contributed by atoms with van der Waals surface area (Å²) in [4.78, 5) is 36.6. The van der Waals surface area contributed by atoms with E-state index in [0.717, 1.165) is 12.0 Å². The molecular formula is C26H35FN2O6S. The first-order chi connectivity index (χ1) is 16.8. The smallest absolute Gasteiger partial charge is 0.358 e. The maximum atomic E-state index is 12.7. The van der Waals surface area contributed by atoms with Crippen LogP contribution in [-0.4, -0.2) is 44.5 Å². The van der Waals surface area contributed by atoms with Crippen LogP contribution >= 0.6 is 0 Å². The molecule has 0 aliphatic carbocycles. The highest BCUT2D eigenvalue weighted by Gasteiger charge is 2.19. The first kappa shape index (κ1) is 30.9. The number of carbonyl (C=O) groups excluding carboxylic acids is 3. The maximum Gasteiger partial charge on any atom is 0.488 e. The fourth-order valence-electron chi connectivity index (χ4n) is 3.16. The largest absolute Gasteiger partial charge is 0.488 e. The Labute approximate surface area is 213 Å². The summed E-state index contributed by atoms with van der Waals surface area (Å²) in [6, 6.07) is 4.52. The van der Waals surface area contributed by atoms with Crippen LogP contribution in [0.15, 0.2) is 60.2 Å². The van der Waals surface area contributed by atoms with Gasteiger partial charge < -0.3 is 14.8 Å². The molecule has 0 radical (unpaired) electrons. The topological polar surface area (TPSA) is 119 Å². The predicted molar refractivity (Wildman–Crippen MR) is 137 cm³/mol. The molecule has 0 aromatic heterocycles. The lowest BCUT2D eigenvalue weighted by atomic mass is 9.94. The van der Waals surface area contributed by atoms with E-state index < -0.39 is 28.5 Å². The van der Waals surface area contributed by atoms with Crippen molar-refractivity contribution in [1.82, 2.24) is 10.6 Å². The van der Waals surface area contributed by atoms with Crippen molar-refractivity contribution >= 4 is 28.0 Å². The van der Waals surface area contributed by atoms with E-state index in [0.29, 0.717) is 24.1 Å². The molecule has 0 aliphatic heterocycles. The monoisotopic (exact) mass is 522 g/mol. The molecule has 10 heteroatoms. The standard InChI is InChI=1S/C26H35FN2O6S/c1-7-9-22(26(32)29-18(4)19(5)30)15-23(17(3)8-2)16-28-25(20(6)31)14-21-10-12-24(13-11-21)35-36(27,33)34/h7,9-13,15,17-18,25,28H,1,8,14,16H2,2-6H3,(H,29,32)/b22-9+,23-15-. The summed E-state index contributed by atoms with van der Waals surface area (Å²) in [5.74, 6) is -0.756. The molecule has 3 atom stereocenters. The number of halogens is 1. The van der Waals surface area contributed by atoms with Crippen molar-refractivity contribution in [2.24, 2.45) is 5.92 Å². The number of Topliss-reactive ketones (excluding diaryl/α,β-unsaturated/α-hetero) is 2. The molecule has 0 fully saturated rings. The zero-order chi connectivity index (χ0) is 27.5. The van der Waals surface area contributed by atoms with Crippen LogP contribution in [-0.2, 0) is 31.3 Å². The second-order valence-electron chi connectivity index (χ2n) is 8.56. The van der Waals surface area contributed by atoms with Gasteiger partial charge in [-0.25, -0.2) is 0 Å². The highest BCUT2D eigenvalue weighted by atomic mass is 32.3. The Bertz CT molecular complexity index is 1110. The highest BCUT2D eigenvalue weighted by molar-refractivity contribution is 7.81. The molecule has 0 saturated heterocycles. The Kier molecular flexibility index (Phi) is 12.4. The Morgan fingerprint density at radius 1 is 1.11 bits per heavy atom. The molecule has 0 bridgehead atoms. The van der Waals surface area contributed by atoms with Gasteiger partial charge in [0.05, 0.1) is 12.1 Å². The molecule has 1 amide bonds. The van der Waals surface area contributed by atoms with Gasteiger partial charge in [-0.2, -0.15) is 8.42 Å². The van der Waals surface area contributed by atoms with Gasteiger partial charge in [0.25, 0.3) is 5.91 Å². The first-order valence-electron chi connectivity index (χ1n) is 11.6. The van der Waals surface area contributed by atoms with Crippen LogP contribution in [0.5, 0.6) is 5.75 Å². The molecule has 3 unspecified atom stereocenters. The van der Waals surface area contributed by atoms with E-state index in [1.165, 1.54) is 32.1 Å². The Morgan fingerprint density at radius 3 is 2.19 bits per heavy atom. The summed E-state index contributed by atoms with van der Waals surface area (Å²) in [6.45, 7) is 12.5. The number of carbonyl (C=O) groups is 3. The normalized spacial score (nSPS) is 14.9. The molecule has 1 rings (SSSR count). The quantitative estimate of drug-likeness (QED) is 0.205. The lowest BCUT2D eigenvalue weighted by molar-refractivity contribution is -0.124. The van der Waals surface area contributed by atoms with E-state index in [1.54, 1.807) is 31.2 Å². The van der Waals surface area contributed by atoms with Crippen molar-refractivity contribution in [3.8, 4) is 5.75 Å². The molecule has 0 saturated carbocycles. The highest BCUT2D eigenvalue weighted by Crippen LogP contribution is 2.19. The van der Waals surface area contributed by atoms with Gasteiger partial charge in [-0.05, 0) is 63.3 Å². The molecule has 198 valence electrons. The number of allylic oxidation sites excluding steroid dienone is 2. The zero-order valence-electron chi connectivity index (χ0n) is 21.3. The molecule has 0 heterocycles. The van der Waals surface area contributed by atoms with Gasteiger partial charge in [0, 0.05) is 12.1 Å². The fraction of sp³-hybridized carbons (Fsp3) is 0.423. The van der Waals surface area contributed by atoms with Crippen molar-refractivity contribution in [2.45, 2.75) is 59.5 Å². The fourth-order valence-corrected chi connectivity index (χ4v) is 3.50. The molecule has 36 heavy (non-hydrogen) atoms. The summed E-state index contributed by atoms with van der Waals surface area (Å²) < 4.78 is 38.1. The van der Waals surface area contributed by atoms with Gasteiger partial charge in [0.1, 0.15) is 11.5 Å². The SMILES string of the molecule is C=C/C=C(\C=C(\CNC(Cc1ccc(OS(=O)(=O)F)cc1)C(C)=O)C(C)CC)C(=O)NC(C)C(C)=O. The average molecular weight is 523 g/mol. The minimum absolute atomic E-state index is 0.0930. The third-order valence-electron chi connectivity index (χ3n) is 5.71. The van der Waals surface area contributed by atoms with E-state index in [9.17, 15) is 26.7 Å². The zero-order valence-corrected chi connectivity index (χ0v) is 22.2. The molecular weight excluding hydrogens is 487 g/mol. The first-order valence-corrected chi connectivity index (χ1v) is 12.9. The van der Waals surface area contributed by atoms with E-state index in [1.807, 2.05) is 13.8 Å². The molecule has 0 aliphatic rings. The van der Waals surface area contributed by atoms with E-state index in [-0.39, 0.29) is 23.2 Å². The van der Waals surface area contributed by atoms with Crippen LogP contribution < -0.4 is 14.8 Å². The maximum absolute atomic E-state index is 12.7. The Balaban J connectivity index is 3.07. The minimum atomic E-state index is -5.12. The number of hydrogen-bond acceptors (Lipinski definition) is 7. The lowest BCUT2D eigenvalue weighted by Gasteiger charge is -2.21. The van der Waals surface area contributed by atoms with Crippen molar-refractivity contribution in [3.05, 3.63) is 65.8 Å². The van der Waals surface area contributed by atoms with Crippen LogP contribution in [0.25, 0.3) is 0 Å². The van der Waals surface area contributed by atoms with Gasteiger partial charge in [0.15, 0.2) is 5.78 Å². The summed E-state index contributed by atoms with van der Waals surface area (Å²) in [5.41, 5.74) is 1.94. The molecule has 8 nitrogen and oxygen atoms in total. The van der Waals surface area contributed by atoms with Gasteiger partial charge >= 0.3 is 10.5 Å². The second kappa shape index (κ2) is 14.4. The average Bonchev–Trinajstić information content (AvgIpc) is 2.79. The number of amides is 1. The Hall–Kier alpha value is -3.11. The van der Waals surface area contributed by atoms with Crippen molar-refractivity contribution in [3.63, 3.8) is 0 Å². The number of benzene rings is 1. The van der Waals surface area contributed by atoms with Crippen molar-refractivity contribution < 1.29 is 30.9 Å². The van der Waals surface area contributed by atoms with Crippen LogP contribution in [0.4, 0.5) is 3.89 Å². The summed E-state index contributed by atoms with van der Waals surface area (Å²) in [7, 11) is -5.12. The van der Waals surface area contributed by atoms with E-state index in [2.05, 4.69) is 21.4 Å². The van der Waals surface area contributed by atoms with Crippen LogP contribution in [0.2, 0.25) is 0 Å². The number of hydrogen-bond donors (Lipinski definition) is 2. The molecule has 2 N–H and O–H groups in total. The van der Waals surface area contributed by atoms with E-state index in [4.69, 9.17) is 0 Å². The molecule has 0 spiro atoms. The predicted octanol–water partition coefficient (Wildman–Crippen LogP) is 3.55. The van der Waals surface area contributed by atoms with Crippen LogP contribution in [0.1, 0.15) is 46.6 Å². The van der Waals surface area contributed by atoms with Gasteiger partial charge in [-0.15, -0.1) is 0 Å². The number of ketones is 2. The Morgan fingerprint density at radius 2 is 1.72 bits per heavy atom.